The summed E-state index contributed by atoms with van der Waals surface area (Å²) in [4.78, 5) is 0. The smallest absolute Gasteiger partial charge is 0.150 e. The molecule has 0 aromatic heterocycles. The molecule has 0 saturated carbocycles. The van der Waals surface area contributed by atoms with E-state index in [1.807, 2.05) is 0 Å². The summed E-state index contributed by atoms with van der Waals surface area (Å²) in [5.41, 5.74) is 0. The van der Waals surface area contributed by atoms with Gasteiger partial charge in [-0.2, -0.15) is 0 Å². The lowest BCUT2D eigenvalue weighted by Gasteiger charge is -2.15. The van der Waals surface area contributed by atoms with Gasteiger partial charge in [0.25, 0.3) is 0 Å². The Morgan fingerprint density at radius 3 is 2.00 bits per heavy atom. The molecule has 0 N–H and O–H groups in total. The molecule has 0 radical (unpaired) electrons. The fourth-order valence-electron chi connectivity index (χ4n) is 0.861. The second-order valence-electron chi connectivity index (χ2n) is 2.33. The quantitative estimate of drug-likeness (QED) is 0.481. The van der Waals surface area contributed by atoms with Crippen molar-refractivity contribution in [3.05, 3.63) is 0 Å². The molecule has 2 nitrogen and oxygen atoms in total. The van der Waals surface area contributed by atoms with Crippen molar-refractivity contribution in [2.24, 2.45) is 0 Å². The Hall–Kier alpha value is 0.680. The van der Waals surface area contributed by atoms with Crippen molar-refractivity contribution in [1.82, 2.24) is 0 Å². The molecule has 0 atom stereocenters. The first-order chi connectivity index (χ1) is 4.10. The molecule has 1 aliphatic rings. The second kappa shape index (κ2) is 2.74. The van der Waals surface area contributed by atoms with Gasteiger partial charge in [-0.25, -0.2) is 8.42 Å². The number of alkyl halides is 1. The van der Waals surface area contributed by atoms with Crippen molar-refractivity contribution in [3.63, 3.8) is 0 Å². The summed E-state index contributed by atoms with van der Waals surface area (Å²) in [6.45, 7) is 0. The maximum absolute atomic E-state index is 10.8. The fraction of sp³-hybridized carbons (Fsp3) is 1.00. The Balaban J connectivity index is 2.55. The van der Waals surface area contributed by atoms with Crippen molar-refractivity contribution in [2.75, 3.05) is 11.5 Å². The van der Waals surface area contributed by atoms with Gasteiger partial charge in [-0.1, -0.05) is 22.6 Å². The van der Waals surface area contributed by atoms with E-state index in [2.05, 4.69) is 22.6 Å². The Kier molecular flexibility index (Phi) is 2.37. The highest BCUT2D eigenvalue weighted by Crippen LogP contribution is 2.18. The minimum atomic E-state index is -2.62. The first-order valence-corrected chi connectivity index (χ1v) is 6.01. The highest BCUT2D eigenvalue weighted by atomic mass is 127. The number of sulfone groups is 1. The summed E-state index contributed by atoms with van der Waals surface area (Å²) in [6, 6.07) is 0. The molecular formula is C5H9IO2S. The average molecular weight is 260 g/mol. The Morgan fingerprint density at radius 2 is 1.67 bits per heavy atom. The molecule has 1 rings (SSSR count). The van der Waals surface area contributed by atoms with Crippen LogP contribution in [0, 0.1) is 0 Å². The van der Waals surface area contributed by atoms with Gasteiger partial charge in [-0.3, -0.25) is 0 Å². The predicted molar refractivity (Wildman–Crippen MR) is 45.7 cm³/mol. The number of hydrogen-bond donors (Lipinski definition) is 0. The van der Waals surface area contributed by atoms with Gasteiger partial charge >= 0.3 is 0 Å². The normalized spacial score (nSPS) is 28.1. The third-order valence-corrected chi connectivity index (χ3v) is 4.45. The van der Waals surface area contributed by atoms with Crippen molar-refractivity contribution >= 4 is 32.4 Å². The molecule has 0 aliphatic carbocycles. The van der Waals surface area contributed by atoms with E-state index in [-0.39, 0.29) is 0 Å². The van der Waals surface area contributed by atoms with Crippen LogP contribution in [0.3, 0.4) is 0 Å². The van der Waals surface area contributed by atoms with Crippen LogP contribution in [-0.4, -0.2) is 23.8 Å². The number of hydrogen-bond acceptors (Lipinski definition) is 2. The molecule has 0 aromatic rings. The summed E-state index contributed by atoms with van der Waals surface area (Å²) < 4.78 is 22.2. The van der Waals surface area contributed by atoms with Gasteiger partial charge in [-0.15, -0.1) is 0 Å². The summed E-state index contributed by atoms with van der Waals surface area (Å²) in [6.07, 6.45) is 1.70. The van der Waals surface area contributed by atoms with Crippen LogP contribution in [0.1, 0.15) is 12.8 Å². The van der Waals surface area contributed by atoms with Gasteiger partial charge < -0.3 is 0 Å². The van der Waals surface area contributed by atoms with E-state index in [1.165, 1.54) is 0 Å². The van der Waals surface area contributed by atoms with E-state index in [9.17, 15) is 8.42 Å². The molecule has 0 bridgehead atoms. The molecule has 54 valence electrons. The van der Waals surface area contributed by atoms with Crippen LogP contribution in [0.25, 0.3) is 0 Å². The van der Waals surface area contributed by atoms with E-state index in [4.69, 9.17) is 0 Å². The molecule has 0 aromatic carbocycles. The Labute approximate surface area is 69.1 Å². The Bertz CT molecular complexity index is 171. The minimum absolute atomic E-state index is 0.403. The number of halogens is 1. The van der Waals surface area contributed by atoms with Crippen LogP contribution in [0.5, 0.6) is 0 Å². The zero-order valence-electron chi connectivity index (χ0n) is 5.01. The van der Waals surface area contributed by atoms with Crippen LogP contribution in [-0.2, 0) is 9.84 Å². The van der Waals surface area contributed by atoms with Crippen molar-refractivity contribution < 1.29 is 8.42 Å². The SMILES string of the molecule is O=S1(=O)CCC(I)CC1. The van der Waals surface area contributed by atoms with E-state index < -0.39 is 9.84 Å². The molecule has 0 spiro atoms. The highest BCUT2D eigenvalue weighted by molar-refractivity contribution is 14.1. The lowest BCUT2D eigenvalue weighted by Crippen LogP contribution is -2.22. The average Bonchev–Trinajstić information content (AvgIpc) is 1.78. The lowest BCUT2D eigenvalue weighted by molar-refractivity contribution is 0.580. The van der Waals surface area contributed by atoms with Gasteiger partial charge in [0, 0.05) is 3.92 Å². The first-order valence-electron chi connectivity index (χ1n) is 2.95. The molecule has 1 saturated heterocycles. The van der Waals surface area contributed by atoms with E-state index in [0.29, 0.717) is 15.4 Å². The van der Waals surface area contributed by atoms with Crippen molar-refractivity contribution in [1.29, 1.82) is 0 Å². The summed E-state index contributed by atoms with van der Waals surface area (Å²) >= 11 is 2.31. The van der Waals surface area contributed by atoms with Gasteiger partial charge in [-0.05, 0) is 12.8 Å². The molecule has 1 aliphatic heterocycles. The predicted octanol–water partition coefficient (Wildman–Crippen LogP) is 0.999. The van der Waals surface area contributed by atoms with Crippen LogP contribution in [0.4, 0.5) is 0 Å². The fourth-order valence-corrected chi connectivity index (χ4v) is 3.82. The van der Waals surface area contributed by atoms with Gasteiger partial charge in [0.2, 0.25) is 0 Å². The standard InChI is InChI=1S/C5H9IO2S/c6-5-1-3-9(7,8)4-2-5/h5H,1-4H2. The number of rotatable bonds is 0. The van der Waals surface area contributed by atoms with Crippen LogP contribution >= 0.6 is 22.6 Å². The maximum Gasteiger partial charge on any atom is 0.150 e. The molecule has 0 amide bonds. The van der Waals surface area contributed by atoms with Crippen molar-refractivity contribution in [3.8, 4) is 0 Å². The van der Waals surface area contributed by atoms with Crippen LogP contribution in [0.15, 0.2) is 0 Å². The van der Waals surface area contributed by atoms with Crippen molar-refractivity contribution in [2.45, 2.75) is 16.8 Å². The van der Waals surface area contributed by atoms with Gasteiger partial charge in [0.1, 0.15) is 9.84 Å². The molecule has 1 heterocycles. The topological polar surface area (TPSA) is 34.1 Å². The lowest BCUT2D eigenvalue weighted by atomic mass is 10.3. The third kappa shape index (κ3) is 2.41. The summed E-state index contributed by atoms with van der Waals surface area (Å²) in [5.74, 6) is 0.807. The molecule has 1 fully saturated rings. The van der Waals surface area contributed by atoms with E-state index >= 15 is 0 Å². The van der Waals surface area contributed by atoms with Gasteiger partial charge in [0.15, 0.2) is 0 Å². The summed E-state index contributed by atoms with van der Waals surface area (Å²) in [7, 11) is -2.62. The van der Waals surface area contributed by atoms with E-state index in [0.717, 1.165) is 12.8 Å². The molecular weight excluding hydrogens is 251 g/mol. The maximum atomic E-state index is 10.8. The molecule has 0 unspecified atom stereocenters. The first kappa shape index (κ1) is 7.78. The highest BCUT2D eigenvalue weighted by Gasteiger charge is 2.20. The third-order valence-electron chi connectivity index (χ3n) is 1.48. The van der Waals surface area contributed by atoms with Crippen LogP contribution < -0.4 is 0 Å². The monoisotopic (exact) mass is 260 g/mol. The zero-order valence-corrected chi connectivity index (χ0v) is 7.98. The van der Waals surface area contributed by atoms with Crippen LogP contribution in [0.2, 0.25) is 0 Å². The largest absolute Gasteiger partial charge is 0.229 e. The zero-order chi connectivity index (χ0) is 6.91. The Morgan fingerprint density at radius 1 is 1.22 bits per heavy atom. The summed E-state index contributed by atoms with van der Waals surface area (Å²) in [5, 5.41) is 0. The van der Waals surface area contributed by atoms with E-state index in [1.54, 1.807) is 0 Å². The van der Waals surface area contributed by atoms with Gasteiger partial charge in [0.05, 0.1) is 11.5 Å². The molecule has 9 heavy (non-hydrogen) atoms. The molecule has 4 heteroatoms. The second-order valence-corrected chi connectivity index (χ2v) is 6.39. The minimum Gasteiger partial charge on any atom is -0.229 e.